The minimum atomic E-state index is -4.75. The second kappa shape index (κ2) is 4.99. The van der Waals surface area contributed by atoms with Crippen molar-refractivity contribution >= 4 is 20.9 Å². The van der Waals surface area contributed by atoms with Crippen LogP contribution in [0.5, 0.6) is 0 Å². The molecular formula is C12H13F3N2O3S. The molecule has 0 aliphatic carbocycles. The van der Waals surface area contributed by atoms with Gasteiger partial charge in [0.05, 0.1) is 10.4 Å². The van der Waals surface area contributed by atoms with E-state index in [9.17, 15) is 21.6 Å². The Kier molecular flexibility index (Phi) is 3.75. The number of rotatable bonds is 3. The molecule has 2 rings (SSSR count). The van der Waals surface area contributed by atoms with E-state index in [1.165, 1.54) is 23.7 Å². The number of aliphatic hydroxyl groups excluding tert-OH is 1. The van der Waals surface area contributed by atoms with Crippen molar-refractivity contribution < 1.29 is 26.7 Å². The lowest BCUT2D eigenvalue weighted by Crippen LogP contribution is -2.31. The van der Waals surface area contributed by atoms with Crippen LogP contribution in [-0.2, 0) is 23.3 Å². The van der Waals surface area contributed by atoms with Gasteiger partial charge in [0.1, 0.15) is 11.3 Å². The minimum absolute atomic E-state index is 0.0362. The second-order valence-corrected chi connectivity index (χ2v) is 6.73. The van der Waals surface area contributed by atoms with Gasteiger partial charge >= 0.3 is 6.18 Å². The molecule has 0 aliphatic rings. The molecule has 0 radical (unpaired) electrons. The molecule has 0 saturated heterocycles. The maximum Gasteiger partial charge on any atom is 0.414 e. The van der Waals surface area contributed by atoms with Gasteiger partial charge in [0, 0.05) is 19.7 Å². The van der Waals surface area contributed by atoms with Crippen molar-refractivity contribution in [1.82, 2.24) is 9.55 Å². The van der Waals surface area contributed by atoms with Crippen molar-refractivity contribution in [2.45, 2.75) is 23.6 Å². The third-order valence-corrected chi connectivity index (χ3v) is 4.25. The van der Waals surface area contributed by atoms with Gasteiger partial charge in [-0.25, -0.2) is 13.4 Å². The highest BCUT2D eigenvalue weighted by atomic mass is 32.2. The average Bonchev–Trinajstić information content (AvgIpc) is 2.64. The molecule has 1 aromatic heterocycles. The first-order chi connectivity index (χ1) is 9.51. The van der Waals surface area contributed by atoms with Gasteiger partial charge in [0.2, 0.25) is 0 Å². The van der Waals surface area contributed by atoms with E-state index >= 15 is 0 Å². The van der Waals surface area contributed by atoms with Crippen LogP contribution in [0.25, 0.3) is 11.0 Å². The molecule has 1 heterocycles. The van der Waals surface area contributed by atoms with Crippen molar-refractivity contribution in [2.24, 2.45) is 7.05 Å². The highest BCUT2D eigenvalue weighted by Crippen LogP contribution is 2.26. The first kappa shape index (κ1) is 15.8. The molecule has 0 bridgehead atoms. The lowest BCUT2D eigenvalue weighted by atomic mass is 10.2. The Hall–Kier alpha value is -1.61. The quantitative estimate of drug-likeness (QED) is 0.928. The molecule has 1 aromatic carbocycles. The predicted molar refractivity (Wildman–Crippen MR) is 69.6 cm³/mol. The zero-order valence-electron chi connectivity index (χ0n) is 11.2. The molecule has 2 aromatic rings. The van der Waals surface area contributed by atoms with Gasteiger partial charge in [-0.05, 0) is 12.1 Å². The number of fused-ring (bicyclic) bond motifs is 1. The van der Waals surface area contributed by atoms with Crippen LogP contribution in [0.1, 0.15) is 5.82 Å². The number of nitrogens with zero attached hydrogens (tertiary/aromatic N) is 2. The second-order valence-electron chi connectivity index (χ2n) is 4.74. The number of benzene rings is 1. The molecule has 1 unspecified atom stereocenters. The zero-order chi connectivity index (χ0) is 16.0. The maximum absolute atomic E-state index is 12.4. The molecule has 5 nitrogen and oxygen atoms in total. The number of halogens is 3. The molecule has 0 saturated carbocycles. The van der Waals surface area contributed by atoms with Crippen LogP contribution in [-0.4, -0.2) is 41.6 Å². The summed E-state index contributed by atoms with van der Waals surface area (Å²) in [5, 5.41) is 9.12. The monoisotopic (exact) mass is 322 g/mol. The third-order valence-electron chi connectivity index (χ3n) is 3.12. The number of alkyl halides is 3. The van der Waals surface area contributed by atoms with Crippen molar-refractivity contribution in [3.8, 4) is 0 Å². The van der Waals surface area contributed by atoms with E-state index in [1.807, 2.05) is 0 Å². The van der Waals surface area contributed by atoms with Gasteiger partial charge < -0.3 is 9.67 Å². The van der Waals surface area contributed by atoms with E-state index in [4.69, 9.17) is 5.11 Å². The maximum atomic E-state index is 12.4. The molecule has 0 aliphatic heterocycles. The number of imidazole rings is 1. The summed E-state index contributed by atoms with van der Waals surface area (Å²) in [6.07, 6.45) is -7.04. The van der Waals surface area contributed by atoms with E-state index < -0.39 is 28.5 Å². The first-order valence-corrected chi connectivity index (χ1v) is 7.80. The average molecular weight is 322 g/mol. The molecule has 0 spiro atoms. The normalized spacial score (nSPS) is 14.6. The molecule has 0 fully saturated rings. The Bertz CT molecular complexity index is 781. The van der Waals surface area contributed by atoms with Crippen LogP contribution in [0, 0.1) is 0 Å². The lowest BCUT2D eigenvalue weighted by molar-refractivity contribution is -0.203. The summed E-state index contributed by atoms with van der Waals surface area (Å²) >= 11 is 0. The fraction of sp³-hybridized carbons (Fsp3) is 0.417. The lowest BCUT2D eigenvalue weighted by Gasteiger charge is -2.13. The van der Waals surface area contributed by atoms with Crippen molar-refractivity contribution in [2.75, 3.05) is 6.26 Å². The Morgan fingerprint density at radius 3 is 2.52 bits per heavy atom. The molecule has 21 heavy (non-hydrogen) atoms. The van der Waals surface area contributed by atoms with Crippen LogP contribution in [0.15, 0.2) is 23.1 Å². The number of aliphatic hydroxyl groups is 1. The summed E-state index contributed by atoms with van der Waals surface area (Å²) in [6.45, 7) is 0. The smallest absolute Gasteiger partial charge is 0.383 e. The number of sulfone groups is 1. The zero-order valence-corrected chi connectivity index (χ0v) is 12.0. The molecule has 9 heteroatoms. The van der Waals surface area contributed by atoms with E-state index in [-0.39, 0.29) is 16.2 Å². The van der Waals surface area contributed by atoms with Crippen molar-refractivity contribution in [3.63, 3.8) is 0 Å². The van der Waals surface area contributed by atoms with E-state index in [1.54, 1.807) is 6.07 Å². The number of para-hydroxylation sites is 1. The Balaban J connectivity index is 2.57. The summed E-state index contributed by atoms with van der Waals surface area (Å²) in [6, 6.07) is 4.39. The van der Waals surface area contributed by atoms with Gasteiger partial charge in [-0.2, -0.15) is 13.2 Å². The van der Waals surface area contributed by atoms with Crippen LogP contribution >= 0.6 is 0 Å². The Morgan fingerprint density at radius 2 is 2.00 bits per heavy atom. The highest BCUT2D eigenvalue weighted by molar-refractivity contribution is 7.91. The molecular weight excluding hydrogens is 309 g/mol. The molecule has 0 amide bonds. The minimum Gasteiger partial charge on any atom is -0.383 e. The topological polar surface area (TPSA) is 72.2 Å². The van der Waals surface area contributed by atoms with Gasteiger partial charge in [0.25, 0.3) is 0 Å². The summed E-state index contributed by atoms with van der Waals surface area (Å²) in [4.78, 5) is 3.90. The number of hydrogen-bond donors (Lipinski definition) is 1. The van der Waals surface area contributed by atoms with Crippen LogP contribution in [0.2, 0.25) is 0 Å². The number of aryl methyl sites for hydroxylation is 1. The van der Waals surface area contributed by atoms with Crippen molar-refractivity contribution in [1.29, 1.82) is 0 Å². The summed E-state index contributed by atoms with van der Waals surface area (Å²) in [7, 11) is -2.08. The molecule has 1 N–H and O–H groups in total. The summed E-state index contributed by atoms with van der Waals surface area (Å²) < 4.78 is 61.9. The fourth-order valence-electron chi connectivity index (χ4n) is 2.01. The van der Waals surface area contributed by atoms with Crippen LogP contribution in [0.4, 0.5) is 13.2 Å². The third kappa shape index (κ3) is 3.03. The highest BCUT2D eigenvalue weighted by Gasteiger charge is 2.39. The Labute approximate surface area is 118 Å². The fourth-order valence-corrected chi connectivity index (χ4v) is 2.83. The summed E-state index contributed by atoms with van der Waals surface area (Å²) in [5.41, 5.74) is 0.495. The van der Waals surface area contributed by atoms with Crippen molar-refractivity contribution in [3.05, 3.63) is 24.0 Å². The van der Waals surface area contributed by atoms with E-state index in [0.29, 0.717) is 5.52 Å². The van der Waals surface area contributed by atoms with Gasteiger partial charge in [-0.3, -0.25) is 0 Å². The predicted octanol–water partition coefficient (Wildman–Crippen LogP) is 1.44. The van der Waals surface area contributed by atoms with E-state index in [0.717, 1.165) is 6.26 Å². The molecule has 116 valence electrons. The van der Waals surface area contributed by atoms with Gasteiger partial charge in [-0.1, -0.05) is 6.07 Å². The number of hydrogen-bond acceptors (Lipinski definition) is 4. The summed E-state index contributed by atoms with van der Waals surface area (Å²) in [5.74, 6) is -0.0362. The largest absolute Gasteiger partial charge is 0.414 e. The first-order valence-electron chi connectivity index (χ1n) is 5.91. The Morgan fingerprint density at radius 1 is 1.38 bits per heavy atom. The van der Waals surface area contributed by atoms with E-state index in [2.05, 4.69) is 4.98 Å². The standard InChI is InChI=1S/C12H13F3N2O3S/c1-17-7-4-3-5-8(21(2,19)20)11(7)16-10(17)6-9(18)12(13,14)15/h3-5,9,18H,6H2,1-2H3. The molecule has 1 atom stereocenters. The van der Waals surface area contributed by atoms with Crippen LogP contribution in [0.3, 0.4) is 0 Å². The SMILES string of the molecule is Cn1c(CC(O)C(F)(F)F)nc2c(S(C)(=O)=O)cccc21. The number of aromatic nitrogens is 2. The van der Waals surface area contributed by atoms with Gasteiger partial charge in [0.15, 0.2) is 15.9 Å². The van der Waals surface area contributed by atoms with Gasteiger partial charge in [-0.15, -0.1) is 0 Å². The van der Waals surface area contributed by atoms with Crippen LogP contribution < -0.4 is 0 Å².